The van der Waals surface area contributed by atoms with E-state index in [-0.39, 0.29) is 11.4 Å². The van der Waals surface area contributed by atoms with Gasteiger partial charge < -0.3 is 9.73 Å². The van der Waals surface area contributed by atoms with E-state index in [0.29, 0.717) is 22.8 Å². The molecule has 0 fully saturated rings. The highest BCUT2D eigenvalue weighted by molar-refractivity contribution is 6.09. The molecule has 1 aromatic heterocycles. The normalized spacial score (nSPS) is 11.1. The first-order valence-electron chi connectivity index (χ1n) is 8.47. The zero-order valence-electron chi connectivity index (χ0n) is 14.7. The number of nitrogens with one attached hydrogen (secondary N) is 1. The summed E-state index contributed by atoms with van der Waals surface area (Å²) >= 11 is 0. The monoisotopic (exact) mass is 360 g/mol. The van der Waals surface area contributed by atoms with Crippen LogP contribution in [0.3, 0.4) is 0 Å². The van der Waals surface area contributed by atoms with Gasteiger partial charge in [-0.2, -0.15) is 5.26 Å². The Bertz CT molecular complexity index is 1030. The molecule has 0 aliphatic carbocycles. The van der Waals surface area contributed by atoms with Crippen molar-refractivity contribution in [2.24, 2.45) is 0 Å². The van der Waals surface area contributed by atoms with E-state index in [1.165, 1.54) is 18.2 Å². The molecule has 0 atom stereocenters. The van der Waals surface area contributed by atoms with Gasteiger partial charge in [-0.15, -0.1) is 0 Å². The topological polar surface area (TPSA) is 66.0 Å². The maximum atomic E-state index is 13.3. The summed E-state index contributed by atoms with van der Waals surface area (Å²) in [6.45, 7) is 2.05. The summed E-state index contributed by atoms with van der Waals surface area (Å²) in [4.78, 5) is 12.3. The van der Waals surface area contributed by atoms with Gasteiger partial charge in [0.25, 0.3) is 5.91 Å². The molecule has 0 aliphatic rings. The molecule has 0 unspecified atom stereocenters. The molecule has 5 heteroatoms. The van der Waals surface area contributed by atoms with Gasteiger partial charge in [-0.1, -0.05) is 31.2 Å². The molecule has 0 bridgehead atoms. The third-order valence-electron chi connectivity index (χ3n) is 4.01. The lowest BCUT2D eigenvalue weighted by Crippen LogP contribution is -2.13. The maximum absolute atomic E-state index is 13.3. The summed E-state index contributed by atoms with van der Waals surface area (Å²) in [6, 6.07) is 18.6. The lowest BCUT2D eigenvalue weighted by atomic mass is 10.1. The number of furan rings is 1. The molecule has 0 saturated heterocycles. The summed E-state index contributed by atoms with van der Waals surface area (Å²) in [6.07, 6.45) is 2.27. The van der Waals surface area contributed by atoms with Gasteiger partial charge in [-0.05, 0) is 48.4 Å². The number of carbonyl (C=O) groups is 1. The highest BCUT2D eigenvalue weighted by Gasteiger charge is 2.12. The van der Waals surface area contributed by atoms with Gasteiger partial charge in [0.2, 0.25) is 0 Å². The fraction of sp³-hybridized carbons (Fsp3) is 0.0909. The minimum atomic E-state index is -0.523. The molecule has 0 spiro atoms. The van der Waals surface area contributed by atoms with Crippen LogP contribution in [0.25, 0.3) is 17.4 Å². The largest absolute Gasteiger partial charge is 0.457 e. The summed E-state index contributed by atoms with van der Waals surface area (Å²) in [5.41, 5.74) is 2.26. The van der Waals surface area contributed by atoms with Crippen LogP contribution in [0.5, 0.6) is 0 Å². The van der Waals surface area contributed by atoms with Gasteiger partial charge in [0.15, 0.2) is 0 Å². The minimum Gasteiger partial charge on any atom is -0.457 e. The van der Waals surface area contributed by atoms with Crippen molar-refractivity contribution in [1.82, 2.24) is 0 Å². The Balaban J connectivity index is 1.77. The van der Waals surface area contributed by atoms with E-state index in [9.17, 15) is 14.4 Å². The molecular formula is C22H17FN2O2. The van der Waals surface area contributed by atoms with Crippen molar-refractivity contribution in [2.75, 3.05) is 5.32 Å². The average molecular weight is 360 g/mol. The molecule has 3 rings (SSSR count). The van der Waals surface area contributed by atoms with E-state index in [1.807, 2.05) is 25.1 Å². The molecule has 1 heterocycles. The van der Waals surface area contributed by atoms with Crippen LogP contribution in [0.1, 0.15) is 18.2 Å². The SMILES string of the molecule is CCc1ccc(NC(=O)/C(C#N)=C/c2ccc(-c3cccc(F)c3)o2)cc1. The Labute approximate surface area is 156 Å². The van der Waals surface area contributed by atoms with Crippen LogP contribution < -0.4 is 5.32 Å². The fourth-order valence-corrected chi connectivity index (χ4v) is 2.54. The first kappa shape index (κ1) is 18.2. The summed E-state index contributed by atoms with van der Waals surface area (Å²) in [5, 5.41) is 12.0. The number of amides is 1. The smallest absolute Gasteiger partial charge is 0.266 e. The van der Waals surface area contributed by atoms with Crippen LogP contribution in [0, 0.1) is 17.1 Å². The van der Waals surface area contributed by atoms with Crippen molar-refractivity contribution in [2.45, 2.75) is 13.3 Å². The average Bonchev–Trinajstić information content (AvgIpc) is 3.15. The Morgan fingerprint density at radius 1 is 1.19 bits per heavy atom. The molecule has 4 nitrogen and oxygen atoms in total. The molecule has 0 saturated carbocycles. The quantitative estimate of drug-likeness (QED) is 0.503. The zero-order chi connectivity index (χ0) is 19.2. The van der Waals surface area contributed by atoms with Crippen molar-refractivity contribution in [3.63, 3.8) is 0 Å². The van der Waals surface area contributed by atoms with Gasteiger partial charge in [0, 0.05) is 17.3 Å². The lowest BCUT2D eigenvalue weighted by Gasteiger charge is -2.05. The predicted molar refractivity (Wildman–Crippen MR) is 102 cm³/mol. The fourth-order valence-electron chi connectivity index (χ4n) is 2.54. The number of anilines is 1. The van der Waals surface area contributed by atoms with E-state index in [0.717, 1.165) is 12.0 Å². The van der Waals surface area contributed by atoms with Gasteiger partial charge >= 0.3 is 0 Å². The molecular weight excluding hydrogens is 343 g/mol. The number of hydrogen-bond donors (Lipinski definition) is 1. The number of halogens is 1. The maximum Gasteiger partial charge on any atom is 0.266 e. The van der Waals surface area contributed by atoms with Gasteiger partial charge in [0.1, 0.15) is 29.0 Å². The number of aryl methyl sites for hydroxylation is 1. The minimum absolute atomic E-state index is 0.0882. The van der Waals surface area contributed by atoms with Crippen molar-refractivity contribution in [1.29, 1.82) is 5.26 Å². The molecule has 1 N–H and O–H groups in total. The van der Waals surface area contributed by atoms with Crippen LogP contribution in [-0.2, 0) is 11.2 Å². The second-order valence-electron chi connectivity index (χ2n) is 5.89. The number of nitriles is 1. The molecule has 2 aromatic carbocycles. The number of nitrogens with zero attached hydrogens (tertiary/aromatic N) is 1. The number of carbonyl (C=O) groups excluding carboxylic acids is 1. The van der Waals surface area contributed by atoms with Crippen LogP contribution in [0.4, 0.5) is 10.1 Å². The van der Waals surface area contributed by atoms with Crippen molar-refractivity contribution in [3.8, 4) is 17.4 Å². The summed E-state index contributed by atoms with van der Waals surface area (Å²) < 4.78 is 18.9. The Hall–Kier alpha value is -3.65. The standard InChI is InChI=1S/C22H17FN2O2/c1-2-15-6-8-19(9-7-15)25-22(26)17(14-24)13-20-10-11-21(27-20)16-4-3-5-18(23)12-16/h3-13H,2H2,1H3,(H,25,26)/b17-13+. The molecule has 3 aromatic rings. The molecule has 134 valence electrons. The van der Waals surface area contributed by atoms with E-state index in [1.54, 1.807) is 36.4 Å². The van der Waals surface area contributed by atoms with Crippen LogP contribution in [0.15, 0.2) is 70.7 Å². The molecule has 1 amide bonds. The second-order valence-corrected chi connectivity index (χ2v) is 5.89. The third-order valence-corrected chi connectivity index (χ3v) is 4.01. The molecule has 27 heavy (non-hydrogen) atoms. The highest BCUT2D eigenvalue weighted by Crippen LogP contribution is 2.24. The Morgan fingerprint density at radius 3 is 2.63 bits per heavy atom. The van der Waals surface area contributed by atoms with E-state index < -0.39 is 5.91 Å². The molecule has 0 aliphatic heterocycles. The Morgan fingerprint density at radius 2 is 1.96 bits per heavy atom. The van der Waals surface area contributed by atoms with Crippen molar-refractivity contribution >= 4 is 17.7 Å². The highest BCUT2D eigenvalue weighted by atomic mass is 19.1. The third kappa shape index (κ3) is 4.50. The first-order valence-corrected chi connectivity index (χ1v) is 8.47. The molecule has 0 radical (unpaired) electrons. The van der Waals surface area contributed by atoms with Gasteiger partial charge in [0.05, 0.1) is 0 Å². The van der Waals surface area contributed by atoms with Crippen molar-refractivity contribution < 1.29 is 13.6 Å². The van der Waals surface area contributed by atoms with Gasteiger partial charge in [-0.25, -0.2) is 4.39 Å². The van der Waals surface area contributed by atoms with E-state index in [2.05, 4.69) is 5.32 Å². The number of hydrogen-bond acceptors (Lipinski definition) is 3. The van der Waals surface area contributed by atoms with Crippen LogP contribution in [-0.4, -0.2) is 5.91 Å². The number of benzene rings is 2. The van der Waals surface area contributed by atoms with E-state index in [4.69, 9.17) is 4.42 Å². The van der Waals surface area contributed by atoms with Crippen LogP contribution in [0.2, 0.25) is 0 Å². The zero-order valence-corrected chi connectivity index (χ0v) is 14.7. The lowest BCUT2D eigenvalue weighted by molar-refractivity contribution is -0.112. The summed E-state index contributed by atoms with van der Waals surface area (Å²) in [7, 11) is 0. The number of rotatable bonds is 5. The van der Waals surface area contributed by atoms with Crippen LogP contribution >= 0.6 is 0 Å². The summed E-state index contributed by atoms with van der Waals surface area (Å²) in [5.74, 6) is -0.103. The second kappa shape index (κ2) is 8.15. The predicted octanol–water partition coefficient (Wildman–Crippen LogP) is 5.19. The van der Waals surface area contributed by atoms with Crippen molar-refractivity contribution in [3.05, 3.63) is 83.4 Å². The first-order chi connectivity index (χ1) is 13.1. The van der Waals surface area contributed by atoms with Gasteiger partial charge in [-0.3, -0.25) is 4.79 Å². The van der Waals surface area contributed by atoms with E-state index >= 15 is 0 Å². The Kier molecular flexibility index (Phi) is 5.48.